The van der Waals surface area contributed by atoms with E-state index in [1.54, 1.807) is 0 Å². The van der Waals surface area contributed by atoms with Crippen LogP contribution in [-0.4, -0.2) is 0 Å². The number of benzene rings is 8. The van der Waals surface area contributed by atoms with Gasteiger partial charge in [0.1, 0.15) is 0 Å². The molecule has 0 aliphatic rings. The quantitative estimate of drug-likeness (QED) is 0.198. The second-order valence-electron chi connectivity index (χ2n) is 11.4. The fourth-order valence-electron chi connectivity index (χ4n) is 6.88. The van der Waals surface area contributed by atoms with Crippen LogP contribution in [0.2, 0.25) is 0 Å². The summed E-state index contributed by atoms with van der Waals surface area (Å²) in [5, 5.41) is 10.4. The average Bonchev–Trinajstić information content (AvgIpc) is 3.06. The van der Waals surface area contributed by atoms with Crippen LogP contribution in [0, 0.1) is 13.8 Å². The largest absolute Gasteiger partial charge is 0.0616 e. The van der Waals surface area contributed by atoms with E-state index in [0.29, 0.717) is 0 Å². The van der Waals surface area contributed by atoms with Crippen LogP contribution < -0.4 is 0 Å². The normalized spacial score (nSPS) is 11.6. The first kappa shape index (κ1) is 24.6. The third-order valence-corrected chi connectivity index (χ3v) is 9.00. The second kappa shape index (κ2) is 9.72. The van der Waals surface area contributed by atoms with Gasteiger partial charge in [-0.15, -0.1) is 0 Å². The minimum Gasteiger partial charge on any atom is -0.0616 e. The summed E-state index contributed by atoms with van der Waals surface area (Å²) in [7, 11) is 0. The van der Waals surface area contributed by atoms with Crippen molar-refractivity contribution in [1.82, 2.24) is 0 Å². The molecule has 0 bridgehead atoms. The van der Waals surface area contributed by atoms with Gasteiger partial charge in [0.2, 0.25) is 0 Å². The minimum absolute atomic E-state index is 1.24. The van der Waals surface area contributed by atoms with Crippen LogP contribution in [0.4, 0.5) is 0 Å². The first-order valence-corrected chi connectivity index (χ1v) is 14.7. The smallest absolute Gasteiger partial charge is 0.00670 e. The Labute approximate surface area is 246 Å². The molecular formula is C42H30. The summed E-state index contributed by atoms with van der Waals surface area (Å²) in [5.74, 6) is 0. The lowest BCUT2D eigenvalue weighted by Gasteiger charge is -2.19. The first-order valence-electron chi connectivity index (χ1n) is 14.7. The average molecular weight is 535 g/mol. The molecular weight excluding hydrogens is 504 g/mol. The SMILES string of the molecule is Cc1c2cccc(-c3ccc4ccccc4c3)c2c(C)c2cccc(-c3cccc(-c4ccc5ccccc5c4)c3)c12. The molecule has 0 spiro atoms. The van der Waals surface area contributed by atoms with Crippen LogP contribution in [0.1, 0.15) is 11.1 Å². The van der Waals surface area contributed by atoms with E-state index < -0.39 is 0 Å². The van der Waals surface area contributed by atoms with Gasteiger partial charge in [-0.2, -0.15) is 0 Å². The van der Waals surface area contributed by atoms with Gasteiger partial charge in [0.05, 0.1) is 0 Å². The van der Waals surface area contributed by atoms with Crippen molar-refractivity contribution in [2.24, 2.45) is 0 Å². The summed E-state index contributed by atoms with van der Waals surface area (Å²) in [6.07, 6.45) is 0. The van der Waals surface area contributed by atoms with Crippen LogP contribution in [0.15, 0.2) is 146 Å². The molecule has 0 radical (unpaired) electrons. The zero-order valence-corrected chi connectivity index (χ0v) is 23.9. The van der Waals surface area contributed by atoms with Gasteiger partial charge in [0.25, 0.3) is 0 Å². The van der Waals surface area contributed by atoms with E-state index in [1.807, 2.05) is 0 Å². The molecule has 0 nitrogen and oxygen atoms in total. The molecule has 0 saturated carbocycles. The van der Waals surface area contributed by atoms with Gasteiger partial charge in [-0.25, -0.2) is 0 Å². The zero-order chi connectivity index (χ0) is 28.2. The number of fused-ring (bicyclic) bond motifs is 4. The Bertz CT molecular complexity index is 2320. The van der Waals surface area contributed by atoms with Gasteiger partial charge >= 0.3 is 0 Å². The van der Waals surface area contributed by atoms with Gasteiger partial charge in [-0.05, 0) is 120 Å². The van der Waals surface area contributed by atoms with Crippen molar-refractivity contribution in [3.05, 3.63) is 157 Å². The maximum atomic E-state index is 2.35. The molecule has 0 heterocycles. The predicted octanol–water partition coefficient (Wildman–Crippen LogP) is 11.9. The van der Waals surface area contributed by atoms with Crippen molar-refractivity contribution in [3.63, 3.8) is 0 Å². The number of hydrogen-bond donors (Lipinski definition) is 0. The van der Waals surface area contributed by atoms with E-state index in [9.17, 15) is 0 Å². The van der Waals surface area contributed by atoms with Gasteiger partial charge in [-0.3, -0.25) is 0 Å². The number of aryl methyl sites for hydroxylation is 2. The van der Waals surface area contributed by atoms with Crippen LogP contribution in [0.5, 0.6) is 0 Å². The fourth-order valence-corrected chi connectivity index (χ4v) is 6.88. The molecule has 0 N–H and O–H groups in total. The molecule has 0 saturated heterocycles. The van der Waals surface area contributed by atoms with Gasteiger partial charge in [-0.1, -0.05) is 127 Å². The lowest BCUT2D eigenvalue weighted by molar-refractivity contribution is 1.51. The Balaban J connectivity index is 1.33. The van der Waals surface area contributed by atoms with E-state index in [1.165, 1.54) is 87.6 Å². The summed E-state index contributed by atoms with van der Waals surface area (Å²) in [5.41, 5.74) is 10.2. The molecule has 8 rings (SSSR count). The van der Waals surface area contributed by atoms with Crippen LogP contribution in [0.25, 0.3) is 76.5 Å². The van der Waals surface area contributed by atoms with E-state index in [-0.39, 0.29) is 0 Å². The Morgan fingerprint density at radius 3 is 1.33 bits per heavy atom. The fraction of sp³-hybridized carbons (Fsp3) is 0.0476. The lowest BCUT2D eigenvalue weighted by Crippen LogP contribution is -1.93. The van der Waals surface area contributed by atoms with Crippen molar-refractivity contribution in [2.45, 2.75) is 13.8 Å². The summed E-state index contributed by atoms with van der Waals surface area (Å²) >= 11 is 0. The highest BCUT2D eigenvalue weighted by molar-refractivity contribution is 6.15. The Hall–Kier alpha value is -5.20. The molecule has 0 atom stereocenters. The van der Waals surface area contributed by atoms with E-state index in [0.717, 1.165) is 0 Å². The van der Waals surface area contributed by atoms with Gasteiger partial charge in [0, 0.05) is 0 Å². The van der Waals surface area contributed by atoms with E-state index in [4.69, 9.17) is 0 Å². The molecule has 0 unspecified atom stereocenters. The topological polar surface area (TPSA) is 0 Å². The summed E-state index contributed by atoms with van der Waals surface area (Å²) in [4.78, 5) is 0. The Morgan fingerprint density at radius 1 is 0.310 bits per heavy atom. The van der Waals surface area contributed by atoms with Crippen LogP contribution in [0.3, 0.4) is 0 Å². The van der Waals surface area contributed by atoms with Crippen LogP contribution >= 0.6 is 0 Å². The minimum atomic E-state index is 1.24. The van der Waals surface area contributed by atoms with Gasteiger partial charge in [0.15, 0.2) is 0 Å². The molecule has 0 aromatic heterocycles. The van der Waals surface area contributed by atoms with Crippen molar-refractivity contribution >= 4 is 43.1 Å². The molecule has 0 heteroatoms. The first-order chi connectivity index (χ1) is 20.7. The number of rotatable bonds is 3. The zero-order valence-electron chi connectivity index (χ0n) is 23.9. The monoisotopic (exact) mass is 534 g/mol. The highest BCUT2D eigenvalue weighted by Gasteiger charge is 2.16. The molecule has 0 fully saturated rings. The lowest BCUT2D eigenvalue weighted by atomic mass is 9.85. The van der Waals surface area contributed by atoms with Crippen molar-refractivity contribution in [2.75, 3.05) is 0 Å². The Kier molecular flexibility index (Phi) is 5.69. The maximum absolute atomic E-state index is 2.35. The summed E-state index contributed by atoms with van der Waals surface area (Å²) in [6.45, 7) is 4.59. The standard InChI is InChI=1S/C42H30/c1-27-38-17-9-19-40(36-23-21-30-11-4-6-13-32(30)25-36)42(38)28(2)37-16-8-18-39(41(27)37)35-15-7-14-33(26-35)34-22-20-29-10-3-5-12-31(29)24-34/h3-26H,1-2H3. The molecule has 0 amide bonds. The van der Waals surface area contributed by atoms with Crippen molar-refractivity contribution in [1.29, 1.82) is 0 Å². The van der Waals surface area contributed by atoms with Crippen LogP contribution in [-0.2, 0) is 0 Å². The van der Waals surface area contributed by atoms with Gasteiger partial charge < -0.3 is 0 Å². The highest BCUT2D eigenvalue weighted by Crippen LogP contribution is 2.42. The second-order valence-corrected chi connectivity index (χ2v) is 11.4. The third kappa shape index (κ3) is 3.91. The van der Waals surface area contributed by atoms with Crippen molar-refractivity contribution in [3.8, 4) is 33.4 Å². The third-order valence-electron chi connectivity index (χ3n) is 9.00. The van der Waals surface area contributed by atoms with Crippen molar-refractivity contribution < 1.29 is 0 Å². The molecule has 42 heavy (non-hydrogen) atoms. The summed E-state index contributed by atoms with van der Waals surface area (Å²) in [6, 6.07) is 53.4. The molecule has 0 aliphatic heterocycles. The number of hydrogen-bond acceptors (Lipinski definition) is 0. The maximum Gasteiger partial charge on any atom is -0.00670 e. The molecule has 8 aromatic rings. The molecule has 0 aliphatic carbocycles. The summed E-state index contributed by atoms with van der Waals surface area (Å²) < 4.78 is 0. The van der Waals surface area contributed by atoms with E-state index in [2.05, 4.69) is 159 Å². The molecule has 8 aromatic carbocycles. The highest BCUT2D eigenvalue weighted by atomic mass is 14.2. The predicted molar refractivity (Wildman–Crippen MR) is 182 cm³/mol. The Morgan fingerprint density at radius 2 is 0.738 bits per heavy atom. The van der Waals surface area contributed by atoms with E-state index >= 15 is 0 Å². The molecule has 198 valence electrons.